The van der Waals surface area contributed by atoms with E-state index >= 15 is 0 Å². The van der Waals surface area contributed by atoms with Crippen LogP contribution in [0.5, 0.6) is 11.5 Å². The van der Waals surface area contributed by atoms with Crippen LogP contribution in [0, 0.1) is 5.82 Å². The molecular weight excluding hydrogens is 245 g/mol. The van der Waals surface area contributed by atoms with Crippen molar-refractivity contribution in [3.8, 4) is 11.5 Å². The minimum atomic E-state index is -0.254. The molecule has 2 rings (SSSR count). The lowest BCUT2D eigenvalue weighted by molar-refractivity contribution is 0.373. The Hall–Kier alpha value is -2.23. The molecule has 1 N–H and O–H groups in total. The zero-order chi connectivity index (χ0) is 13.8. The summed E-state index contributed by atoms with van der Waals surface area (Å²) in [6.45, 7) is 0.525. The Kier molecular flexibility index (Phi) is 3.90. The topological polar surface area (TPSA) is 32.7 Å². The van der Waals surface area contributed by atoms with Crippen LogP contribution in [0.25, 0.3) is 0 Å². The van der Waals surface area contributed by atoms with Gasteiger partial charge in [-0.1, -0.05) is 18.2 Å². The molecule has 0 heterocycles. The highest BCUT2D eigenvalue weighted by molar-refractivity contribution is 5.49. The number of methoxy groups -OCH3 is 1. The van der Waals surface area contributed by atoms with E-state index in [1.165, 1.54) is 13.2 Å². The van der Waals surface area contributed by atoms with Crippen LogP contribution in [-0.4, -0.2) is 19.3 Å². The molecule has 0 aliphatic heterocycles. The van der Waals surface area contributed by atoms with Gasteiger partial charge in [0, 0.05) is 13.6 Å². The maximum Gasteiger partial charge on any atom is 0.160 e. The van der Waals surface area contributed by atoms with Gasteiger partial charge in [0.2, 0.25) is 0 Å². The van der Waals surface area contributed by atoms with Crippen molar-refractivity contribution in [1.29, 1.82) is 0 Å². The van der Waals surface area contributed by atoms with Gasteiger partial charge in [0.1, 0.15) is 5.82 Å². The number of anilines is 1. The number of para-hydroxylation sites is 1. The van der Waals surface area contributed by atoms with Gasteiger partial charge in [0.25, 0.3) is 0 Å². The van der Waals surface area contributed by atoms with Crippen molar-refractivity contribution in [3.63, 3.8) is 0 Å². The van der Waals surface area contributed by atoms with Crippen LogP contribution in [0.15, 0.2) is 42.5 Å². The first-order chi connectivity index (χ1) is 9.11. The fourth-order valence-electron chi connectivity index (χ4n) is 1.94. The SMILES string of the molecule is COc1cc(CN(C)c2ccccc2F)ccc1O. The summed E-state index contributed by atoms with van der Waals surface area (Å²) in [5, 5.41) is 9.53. The first-order valence-corrected chi connectivity index (χ1v) is 5.93. The minimum absolute atomic E-state index is 0.0970. The molecule has 0 aliphatic rings. The molecule has 0 fully saturated rings. The Balaban J connectivity index is 2.19. The minimum Gasteiger partial charge on any atom is -0.504 e. The molecule has 3 nitrogen and oxygen atoms in total. The van der Waals surface area contributed by atoms with Gasteiger partial charge in [0.05, 0.1) is 12.8 Å². The van der Waals surface area contributed by atoms with Gasteiger partial charge in [-0.2, -0.15) is 0 Å². The Morgan fingerprint density at radius 3 is 2.63 bits per heavy atom. The molecule has 0 amide bonds. The van der Waals surface area contributed by atoms with Crippen LogP contribution in [0.1, 0.15) is 5.56 Å². The molecule has 0 saturated carbocycles. The molecule has 0 radical (unpaired) electrons. The lowest BCUT2D eigenvalue weighted by Crippen LogP contribution is -2.17. The third kappa shape index (κ3) is 2.96. The zero-order valence-electron chi connectivity index (χ0n) is 10.9. The fraction of sp³-hybridized carbons (Fsp3) is 0.200. The van der Waals surface area contributed by atoms with E-state index in [1.54, 1.807) is 41.3 Å². The van der Waals surface area contributed by atoms with E-state index in [-0.39, 0.29) is 11.6 Å². The standard InChI is InChI=1S/C15H16FNO2/c1-17(13-6-4-3-5-12(13)16)10-11-7-8-14(18)15(9-11)19-2/h3-9,18H,10H2,1-2H3. The summed E-state index contributed by atoms with van der Waals surface area (Å²) in [4.78, 5) is 1.81. The lowest BCUT2D eigenvalue weighted by Gasteiger charge is -2.20. The van der Waals surface area contributed by atoms with Crippen molar-refractivity contribution in [3.05, 3.63) is 53.8 Å². The second-order valence-electron chi connectivity index (χ2n) is 4.31. The average Bonchev–Trinajstić information content (AvgIpc) is 2.41. The summed E-state index contributed by atoms with van der Waals surface area (Å²) >= 11 is 0. The summed E-state index contributed by atoms with van der Waals surface area (Å²) in [6.07, 6.45) is 0. The molecule has 2 aromatic rings. The predicted molar refractivity (Wildman–Crippen MR) is 73.2 cm³/mol. The second kappa shape index (κ2) is 5.61. The van der Waals surface area contributed by atoms with Crippen LogP contribution in [-0.2, 0) is 6.54 Å². The monoisotopic (exact) mass is 261 g/mol. The summed E-state index contributed by atoms with van der Waals surface area (Å²) in [6, 6.07) is 11.7. The third-order valence-corrected chi connectivity index (χ3v) is 2.93. The van der Waals surface area contributed by atoms with E-state index < -0.39 is 0 Å². The molecule has 0 saturated heterocycles. The lowest BCUT2D eigenvalue weighted by atomic mass is 10.1. The van der Waals surface area contributed by atoms with Gasteiger partial charge >= 0.3 is 0 Å². The van der Waals surface area contributed by atoms with Crippen LogP contribution in [0.3, 0.4) is 0 Å². The summed E-state index contributed by atoms with van der Waals surface area (Å²) < 4.78 is 18.7. The summed E-state index contributed by atoms with van der Waals surface area (Å²) in [7, 11) is 3.32. The van der Waals surface area contributed by atoms with Crippen LogP contribution in [0.2, 0.25) is 0 Å². The maximum absolute atomic E-state index is 13.6. The van der Waals surface area contributed by atoms with Gasteiger partial charge in [-0.05, 0) is 29.8 Å². The number of benzene rings is 2. The van der Waals surface area contributed by atoms with E-state index in [0.717, 1.165) is 5.56 Å². The second-order valence-corrected chi connectivity index (χ2v) is 4.31. The van der Waals surface area contributed by atoms with Gasteiger partial charge in [0.15, 0.2) is 11.5 Å². The number of hydrogen-bond donors (Lipinski definition) is 1. The third-order valence-electron chi connectivity index (χ3n) is 2.93. The van der Waals surface area contributed by atoms with Crippen molar-refractivity contribution < 1.29 is 14.2 Å². The van der Waals surface area contributed by atoms with E-state index in [2.05, 4.69) is 0 Å². The molecule has 19 heavy (non-hydrogen) atoms. The summed E-state index contributed by atoms with van der Waals surface area (Å²) in [5.74, 6) is 0.259. The van der Waals surface area contributed by atoms with Crippen LogP contribution in [0.4, 0.5) is 10.1 Å². The highest BCUT2D eigenvalue weighted by Gasteiger charge is 2.09. The molecule has 2 aromatic carbocycles. The number of aromatic hydroxyl groups is 1. The molecule has 4 heteroatoms. The van der Waals surface area contributed by atoms with Gasteiger partial charge in [-0.25, -0.2) is 4.39 Å². The highest BCUT2D eigenvalue weighted by atomic mass is 19.1. The molecule has 0 aromatic heterocycles. The Labute approximate surface area is 111 Å². The molecule has 0 aliphatic carbocycles. The quantitative estimate of drug-likeness (QED) is 0.917. The number of halogens is 1. The van der Waals surface area contributed by atoms with Crippen molar-refractivity contribution in [2.45, 2.75) is 6.54 Å². The van der Waals surface area contributed by atoms with E-state index in [4.69, 9.17) is 4.74 Å². The number of rotatable bonds is 4. The van der Waals surface area contributed by atoms with Crippen molar-refractivity contribution in [2.24, 2.45) is 0 Å². The Morgan fingerprint density at radius 1 is 1.21 bits per heavy atom. The van der Waals surface area contributed by atoms with Crippen molar-refractivity contribution in [1.82, 2.24) is 0 Å². The maximum atomic E-state index is 13.6. The largest absolute Gasteiger partial charge is 0.504 e. The number of hydrogen-bond acceptors (Lipinski definition) is 3. The first kappa shape index (κ1) is 13.2. The number of phenolic OH excluding ortho intramolecular Hbond substituents is 1. The van der Waals surface area contributed by atoms with Gasteiger partial charge < -0.3 is 14.7 Å². The van der Waals surface area contributed by atoms with E-state index in [1.807, 2.05) is 7.05 Å². The molecular formula is C15H16FNO2. The van der Waals surface area contributed by atoms with Crippen LogP contribution >= 0.6 is 0 Å². The molecule has 100 valence electrons. The fourth-order valence-corrected chi connectivity index (χ4v) is 1.94. The summed E-state index contributed by atoms with van der Waals surface area (Å²) in [5.41, 5.74) is 1.47. The molecule has 0 bridgehead atoms. The molecule has 0 atom stereocenters. The first-order valence-electron chi connectivity index (χ1n) is 5.93. The smallest absolute Gasteiger partial charge is 0.160 e. The predicted octanol–water partition coefficient (Wildman–Crippen LogP) is 3.18. The number of phenols is 1. The molecule has 0 spiro atoms. The zero-order valence-corrected chi connectivity index (χ0v) is 10.9. The normalized spacial score (nSPS) is 10.3. The van der Waals surface area contributed by atoms with Gasteiger partial charge in [-0.3, -0.25) is 0 Å². The van der Waals surface area contributed by atoms with Crippen molar-refractivity contribution in [2.75, 3.05) is 19.1 Å². The van der Waals surface area contributed by atoms with Crippen molar-refractivity contribution >= 4 is 5.69 Å². The number of nitrogens with zero attached hydrogens (tertiary/aromatic N) is 1. The highest BCUT2D eigenvalue weighted by Crippen LogP contribution is 2.27. The molecule has 0 unspecified atom stereocenters. The van der Waals surface area contributed by atoms with E-state index in [9.17, 15) is 9.50 Å². The Bertz CT molecular complexity index is 572. The Morgan fingerprint density at radius 2 is 1.95 bits per heavy atom. The van der Waals surface area contributed by atoms with Gasteiger partial charge in [-0.15, -0.1) is 0 Å². The van der Waals surface area contributed by atoms with E-state index in [0.29, 0.717) is 18.0 Å². The average molecular weight is 261 g/mol. The van der Waals surface area contributed by atoms with Crippen LogP contribution < -0.4 is 9.64 Å². The number of ether oxygens (including phenoxy) is 1.